The van der Waals surface area contributed by atoms with Gasteiger partial charge in [0.25, 0.3) is 5.56 Å². The number of rotatable bonds is 6. The van der Waals surface area contributed by atoms with Crippen molar-refractivity contribution >= 4 is 49.6 Å². The number of nitrogens with zero attached hydrogens (tertiary/aromatic N) is 3. The average Bonchev–Trinajstić information content (AvgIpc) is 3.30. The van der Waals surface area contributed by atoms with Gasteiger partial charge in [-0.1, -0.05) is 13.0 Å². The first kappa shape index (κ1) is 18.8. The number of esters is 1. The Hall–Kier alpha value is -2.58. The molecule has 4 rings (SSSR count). The number of carbonyl (C=O) groups is 1. The fraction of sp³-hybridized carbons (Fsp3) is 0.300. The number of thiazole rings is 1. The number of aromatic nitrogens is 3. The zero-order valence-electron chi connectivity index (χ0n) is 15.6. The Balaban J connectivity index is 1.70. The molecule has 0 spiro atoms. The first-order chi connectivity index (χ1) is 13.5. The van der Waals surface area contributed by atoms with Gasteiger partial charge in [0.1, 0.15) is 5.01 Å². The van der Waals surface area contributed by atoms with E-state index in [0.29, 0.717) is 17.7 Å². The van der Waals surface area contributed by atoms with Gasteiger partial charge in [0.2, 0.25) is 0 Å². The van der Waals surface area contributed by atoms with E-state index in [2.05, 4.69) is 10.1 Å². The Labute approximate surface area is 169 Å². The van der Waals surface area contributed by atoms with E-state index in [4.69, 9.17) is 4.74 Å². The molecule has 0 unspecified atom stereocenters. The molecule has 0 amide bonds. The lowest BCUT2D eigenvalue weighted by Gasteiger charge is -2.08. The summed E-state index contributed by atoms with van der Waals surface area (Å²) in [6, 6.07) is 6.12. The largest absolute Gasteiger partial charge is 0.465 e. The van der Waals surface area contributed by atoms with Gasteiger partial charge in [-0.25, -0.2) is 9.67 Å². The zero-order chi connectivity index (χ0) is 19.7. The van der Waals surface area contributed by atoms with Gasteiger partial charge in [-0.2, -0.15) is 16.4 Å². The van der Waals surface area contributed by atoms with Crippen LogP contribution >= 0.6 is 22.7 Å². The fourth-order valence-corrected chi connectivity index (χ4v) is 4.75. The highest BCUT2D eigenvalue weighted by Crippen LogP contribution is 2.24. The maximum absolute atomic E-state index is 12.8. The molecule has 28 heavy (non-hydrogen) atoms. The molecule has 0 saturated heterocycles. The van der Waals surface area contributed by atoms with Crippen LogP contribution in [0.1, 0.15) is 29.6 Å². The van der Waals surface area contributed by atoms with E-state index >= 15 is 0 Å². The van der Waals surface area contributed by atoms with Gasteiger partial charge in [0.05, 0.1) is 40.9 Å². The molecule has 0 aliphatic carbocycles. The van der Waals surface area contributed by atoms with Crippen LogP contribution in [0.3, 0.4) is 0 Å². The molecule has 0 saturated carbocycles. The molecule has 6 nitrogen and oxygen atoms in total. The number of ether oxygens (including phenoxy) is 1. The number of thiophene rings is 1. The molecule has 0 radical (unpaired) electrons. The average molecular weight is 414 g/mol. The lowest BCUT2D eigenvalue weighted by Crippen LogP contribution is -2.25. The van der Waals surface area contributed by atoms with Crippen molar-refractivity contribution in [2.45, 2.75) is 33.2 Å². The third-order valence-corrected chi connectivity index (χ3v) is 6.10. The molecule has 3 aromatic heterocycles. The molecule has 0 atom stereocenters. The van der Waals surface area contributed by atoms with Crippen LogP contribution in [0.5, 0.6) is 0 Å². The number of carbonyl (C=O) groups excluding carboxylic acids is 1. The summed E-state index contributed by atoms with van der Waals surface area (Å²) in [6.45, 7) is 4.64. The van der Waals surface area contributed by atoms with Crippen LogP contribution < -0.4 is 5.56 Å². The van der Waals surface area contributed by atoms with E-state index in [1.54, 1.807) is 16.7 Å². The van der Waals surface area contributed by atoms with Crippen LogP contribution in [-0.2, 0) is 22.5 Å². The smallest absolute Gasteiger partial charge is 0.311 e. The minimum atomic E-state index is -0.331. The van der Waals surface area contributed by atoms with Gasteiger partial charge in [0, 0.05) is 16.1 Å². The molecule has 0 aliphatic rings. The van der Waals surface area contributed by atoms with E-state index in [1.807, 2.05) is 37.4 Å². The maximum Gasteiger partial charge on any atom is 0.311 e. The molecule has 0 bridgehead atoms. The van der Waals surface area contributed by atoms with E-state index in [0.717, 1.165) is 32.6 Å². The summed E-state index contributed by atoms with van der Waals surface area (Å²) in [5, 5.41) is 10.3. The molecular weight excluding hydrogens is 394 g/mol. The summed E-state index contributed by atoms with van der Waals surface area (Å²) in [7, 11) is 0. The molecule has 8 heteroatoms. The van der Waals surface area contributed by atoms with Gasteiger partial charge in [-0.05, 0) is 31.0 Å². The summed E-state index contributed by atoms with van der Waals surface area (Å²) < 4.78 is 7.67. The van der Waals surface area contributed by atoms with Crippen molar-refractivity contribution in [2.24, 2.45) is 0 Å². The Morgan fingerprint density at radius 1 is 1.25 bits per heavy atom. The maximum atomic E-state index is 12.8. The highest BCUT2D eigenvalue weighted by molar-refractivity contribution is 7.18. The second kappa shape index (κ2) is 7.81. The highest BCUT2D eigenvalue weighted by atomic mass is 32.1. The quantitative estimate of drug-likeness (QED) is 0.448. The molecule has 1 aromatic carbocycles. The number of hydrogen-bond acceptors (Lipinski definition) is 7. The second-order valence-corrected chi connectivity index (χ2v) is 8.44. The van der Waals surface area contributed by atoms with E-state index in [-0.39, 0.29) is 24.5 Å². The Morgan fingerprint density at radius 2 is 2.07 bits per heavy atom. The van der Waals surface area contributed by atoms with Crippen molar-refractivity contribution in [1.82, 2.24) is 14.8 Å². The molecule has 0 fully saturated rings. The minimum Gasteiger partial charge on any atom is -0.465 e. The summed E-state index contributed by atoms with van der Waals surface area (Å²) >= 11 is 2.98. The van der Waals surface area contributed by atoms with Crippen LogP contribution in [0.25, 0.3) is 21.0 Å². The Bertz CT molecular complexity index is 1220. The summed E-state index contributed by atoms with van der Waals surface area (Å²) in [5.74, 6) is -0.331. The molecule has 4 aromatic rings. The minimum absolute atomic E-state index is 0.0482. The van der Waals surface area contributed by atoms with Crippen LogP contribution in [0, 0.1) is 6.92 Å². The van der Waals surface area contributed by atoms with Gasteiger partial charge in [-0.3, -0.25) is 9.59 Å². The van der Waals surface area contributed by atoms with Gasteiger partial charge in [0.15, 0.2) is 0 Å². The third kappa shape index (κ3) is 3.70. The Morgan fingerprint density at radius 3 is 2.89 bits per heavy atom. The summed E-state index contributed by atoms with van der Waals surface area (Å²) in [6.07, 6.45) is 0.816. The Kier molecular flexibility index (Phi) is 5.23. The van der Waals surface area contributed by atoms with Gasteiger partial charge >= 0.3 is 5.97 Å². The highest BCUT2D eigenvalue weighted by Gasteiger charge is 2.16. The van der Waals surface area contributed by atoms with Crippen molar-refractivity contribution in [3.8, 4) is 0 Å². The topological polar surface area (TPSA) is 74.1 Å². The van der Waals surface area contributed by atoms with E-state index in [1.165, 1.54) is 16.0 Å². The van der Waals surface area contributed by atoms with E-state index in [9.17, 15) is 9.59 Å². The zero-order valence-corrected chi connectivity index (χ0v) is 17.2. The van der Waals surface area contributed by atoms with Crippen molar-refractivity contribution in [3.63, 3.8) is 0 Å². The van der Waals surface area contributed by atoms with Crippen molar-refractivity contribution in [1.29, 1.82) is 0 Å². The standard InChI is InChI=1S/C20H19N3O3S2/c1-3-6-26-19(24)8-15-13-10-27-11-14(13)20(25)23(22-15)9-18-21-16-7-12(2)4-5-17(16)28-18/h4-5,7,10-11H,3,6,8-9H2,1-2H3. The van der Waals surface area contributed by atoms with Gasteiger partial charge < -0.3 is 4.74 Å². The van der Waals surface area contributed by atoms with Crippen LogP contribution in [0.2, 0.25) is 0 Å². The van der Waals surface area contributed by atoms with Crippen molar-refractivity contribution in [2.75, 3.05) is 6.61 Å². The SMILES string of the molecule is CCCOC(=O)Cc1nn(Cc2nc3cc(C)ccc3s2)c(=O)c2cscc12. The third-order valence-electron chi connectivity index (χ3n) is 4.33. The first-order valence-electron chi connectivity index (χ1n) is 9.02. The predicted molar refractivity (Wildman–Crippen MR) is 112 cm³/mol. The van der Waals surface area contributed by atoms with Crippen LogP contribution in [0.4, 0.5) is 0 Å². The number of aryl methyl sites for hydroxylation is 1. The molecule has 0 N–H and O–H groups in total. The fourth-order valence-electron chi connectivity index (χ4n) is 2.99. The molecular formula is C20H19N3O3S2. The number of fused-ring (bicyclic) bond motifs is 2. The molecule has 144 valence electrons. The molecule has 3 heterocycles. The van der Waals surface area contributed by atoms with Crippen LogP contribution in [-0.4, -0.2) is 27.3 Å². The number of benzene rings is 1. The number of hydrogen-bond donors (Lipinski definition) is 0. The summed E-state index contributed by atoms with van der Waals surface area (Å²) in [4.78, 5) is 29.6. The lowest BCUT2D eigenvalue weighted by atomic mass is 10.2. The van der Waals surface area contributed by atoms with Crippen molar-refractivity contribution < 1.29 is 9.53 Å². The normalized spacial score (nSPS) is 11.4. The predicted octanol–water partition coefficient (Wildman–Crippen LogP) is 3.92. The van der Waals surface area contributed by atoms with Crippen LogP contribution in [0.15, 0.2) is 33.8 Å². The molecule has 0 aliphatic heterocycles. The van der Waals surface area contributed by atoms with Gasteiger partial charge in [-0.15, -0.1) is 11.3 Å². The summed E-state index contributed by atoms with van der Waals surface area (Å²) in [5.41, 5.74) is 2.46. The monoisotopic (exact) mass is 413 g/mol. The second-order valence-electron chi connectivity index (χ2n) is 6.58. The lowest BCUT2D eigenvalue weighted by molar-refractivity contribution is -0.142. The van der Waals surface area contributed by atoms with Crippen molar-refractivity contribution in [3.05, 3.63) is 55.6 Å². The first-order valence-corrected chi connectivity index (χ1v) is 10.8. The van der Waals surface area contributed by atoms with E-state index < -0.39 is 0 Å².